The molecule has 3 heterocycles. The maximum atomic E-state index is 10.9. The fourth-order valence-electron chi connectivity index (χ4n) is 11.1. The molecule has 7 heteroatoms. The van der Waals surface area contributed by atoms with Gasteiger partial charge >= 0.3 is 0 Å². The average Bonchev–Trinajstić information content (AvgIpc) is 1.41. The van der Waals surface area contributed by atoms with Crippen LogP contribution in [0.5, 0.6) is 11.5 Å². The molecule has 5 nitrogen and oxygen atoms in total. The second-order valence-electron chi connectivity index (χ2n) is 20.0. The van der Waals surface area contributed by atoms with Crippen LogP contribution in [0.25, 0.3) is 106 Å². The Labute approximate surface area is 609 Å². The molecule has 0 N–H and O–H groups in total. The van der Waals surface area contributed by atoms with E-state index in [-0.39, 0.29) is 66.2 Å². The first-order valence-electron chi connectivity index (χ1n) is 48.0. The zero-order chi connectivity index (χ0) is 96.2. The van der Waals surface area contributed by atoms with Gasteiger partial charge in [-0.2, -0.15) is 18.2 Å². The number of imidazole rings is 1. The maximum absolute atomic E-state index is 10.9. The molecule has 0 saturated carbocycles. The molecule has 3 aromatic heterocycles. The predicted molar refractivity (Wildman–Crippen MR) is 375 cm³/mol. The number of aromatic nitrogens is 4. The minimum Gasteiger partial charge on any atom is -0.510 e. The fraction of sp³-hybridized carbons (Fsp3) is 0.0118. The van der Waals surface area contributed by atoms with Crippen LogP contribution >= 0.6 is 0 Å². The second kappa shape index (κ2) is 24.8. The summed E-state index contributed by atoms with van der Waals surface area (Å²) in [6.45, 7) is -3.01. The molecule has 92 heavy (non-hydrogen) atoms. The van der Waals surface area contributed by atoms with E-state index >= 15 is 0 Å². The van der Waals surface area contributed by atoms with E-state index in [0.29, 0.717) is 16.3 Å². The molecule has 0 amide bonds. The molecular formula is C85H58N4OPtSi-2. The van der Waals surface area contributed by atoms with Crippen LogP contribution < -0.4 is 30.1 Å². The van der Waals surface area contributed by atoms with E-state index in [0.717, 1.165) is 22.9 Å². The monoisotopic (exact) mass is 1410 g/mol. The van der Waals surface area contributed by atoms with E-state index in [1.807, 2.05) is 0 Å². The van der Waals surface area contributed by atoms with Crippen molar-refractivity contribution in [3.63, 3.8) is 0 Å². The van der Waals surface area contributed by atoms with Crippen molar-refractivity contribution in [2.45, 2.75) is 6.85 Å². The fourth-order valence-corrected chi connectivity index (χ4v) is 15.1. The first-order chi connectivity index (χ1) is 62.0. The van der Waals surface area contributed by atoms with Gasteiger partial charge in [0.2, 0.25) is 0 Å². The predicted octanol–water partition coefficient (Wildman–Crippen LogP) is 17.6. The molecule has 0 atom stereocenters. The van der Waals surface area contributed by atoms with Gasteiger partial charge in [-0.15, -0.1) is 29.7 Å². The van der Waals surface area contributed by atoms with Crippen LogP contribution in [0.4, 0.5) is 0 Å². The summed E-state index contributed by atoms with van der Waals surface area (Å²) >= 11 is 0. The van der Waals surface area contributed by atoms with Gasteiger partial charge < -0.3 is 13.9 Å². The Kier molecular flexibility index (Phi) is 7.54. The Morgan fingerprint density at radius 3 is 1.58 bits per heavy atom. The zero-order valence-corrected chi connectivity index (χ0v) is 50.1. The summed E-state index contributed by atoms with van der Waals surface area (Å²) < 4.78 is 397. The Bertz CT molecular complexity index is 7400. The number of aryl methyl sites for hydroxylation is 1. The topological polar surface area (TPSA) is 35.9 Å². The molecule has 440 valence electrons. The van der Waals surface area contributed by atoms with Crippen molar-refractivity contribution in [1.82, 2.24) is 14.1 Å². The quantitative estimate of drug-likeness (QED) is 0.0471. The first kappa shape index (κ1) is 28.0. The van der Waals surface area contributed by atoms with Gasteiger partial charge in [0.15, 0.2) is 8.07 Å². The molecule has 16 rings (SSSR count). The molecular weight excluding hydrogens is 1320 g/mol. The van der Waals surface area contributed by atoms with Gasteiger partial charge in [-0.05, 0) is 131 Å². The summed E-state index contributed by atoms with van der Waals surface area (Å²) in [4.78, 5) is 4.66. The molecule has 16 aromatic rings. The van der Waals surface area contributed by atoms with Crippen LogP contribution in [0.15, 0.2) is 333 Å². The number of nitrogens with zero attached hydrogens (tertiary/aromatic N) is 4. The molecule has 0 aliphatic carbocycles. The van der Waals surface area contributed by atoms with E-state index in [1.54, 1.807) is 34.9 Å². The molecule has 0 fully saturated rings. The third-order valence-electron chi connectivity index (χ3n) is 14.9. The molecule has 0 spiro atoms. The minimum atomic E-state index is -6.95. The normalized spacial score (nSPS) is 17.8. The summed E-state index contributed by atoms with van der Waals surface area (Å²) in [5.41, 5.74) is -10.0. The molecule has 0 unspecified atom stereocenters. The van der Waals surface area contributed by atoms with Gasteiger partial charge in [0.1, 0.15) is 5.82 Å². The number of ether oxygens (including phenoxy) is 1. The van der Waals surface area contributed by atoms with Crippen LogP contribution in [0.1, 0.15) is 61.8 Å². The average molecular weight is 1420 g/mol. The number of para-hydroxylation sites is 3. The van der Waals surface area contributed by atoms with Gasteiger partial charge in [-0.3, -0.25) is 4.57 Å². The van der Waals surface area contributed by atoms with E-state index < -0.39 is 327 Å². The number of pyridine rings is 1. The second-order valence-corrected chi connectivity index (χ2v) is 23.5. The van der Waals surface area contributed by atoms with Gasteiger partial charge in [-0.25, -0.2) is 4.98 Å². The number of benzene rings is 13. The molecule has 0 aliphatic heterocycles. The zero-order valence-electron chi connectivity index (χ0n) is 87.8. The van der Waals surface area contributed by atoms with Crippen molar-refractivity contribution in [2.24, 2.45) is 0 Å². The summed E-state index contributed by atoms with van der Waals surface area (Å²) in [7, 11) is -6.95. The Morgan fingerprint density at radius 2 is 0.978 bits per heavy atom. The van der Waals surface area contributed by atoms with Crippen LogP contribution in [0.3, 0.4) is 0 Å². The Morgan fingerprint density at radius 1 is 0.457 bits per heavy atom. The number of hydrogen-bond acceptors (Lipinski definition) is 2. The van der Waals surface area contributed by atoms with Crippen LogP contribution in [0.2, 0.25) is 0 Å². The van der Waals surface area contributed by atoms with Gasteiger partial charge in [0.05, 0.1) is 68.8 Å². The van der Waals surface area contributed by atoms with Crippen LogP contribution in [0, 0.1) is 25.3 Å². The number of fused-ring (bicyclic) bond motifs is 4. The molecule has 13 aromatic carbocycles. The van der Waals surface area contributed by atoms with Crippen LogP contribution in [-0.2, 0) is 21.1 Å². The van der Waals surface area contributed by atoms with Crippen molar-refractivity contribution < 1.29 is 86.6 Å². The Hall–Kier alpha value is -11.0. The van der Waals surface area contributed by atoms with E-state index in [9.17, 15) is 31.5 Å². The Balaban J connectivity index is 0.0000135. The van der Waals surface area contributed by atoms with E-state index in [4.69, 9.17) is 29.4 Å². The SMILES string of the molecule is [2H]c1c([2H])c([2H])c(-c2cc(-c3c([2H])c(-c4c([2H])c([2H])c([2H])c([2H])c4[2H])c([2H])c(-c4c([2H])c([2H])c([2H])c([2H])c4[2H])c3[2H])c(-[n+]3[c-]n(-c4[c-]c(Oc5[c-]c6c(cc5)c5ccccc5n6-c5cc(C([2H])([2H])[2H])c(-c6c([2H])c([2H])c([2H])c([2H])c6[2H])cn5)ccc4)c4ccccc43)c([Si](c3c([2H])c([2H])c([2H])c([2H])c3[2H])(c3c([2H])c([2H])c([2H])c([2H])c3[2H])c3c([2H])c([2H])c([2H])c([2H])c3[2H])c2)c([2H])c1[2H].[Pt]. The summed E-state index contributed by atoms with van der Waals surface area (Å²) in [6, 6.07) is -14.7. The summed E-state index contributed by atoms with van der Waals surface area (Å²) in [5.74, 6) is -0.288. The van der Waals surface area contributed by atoms with Crippen molar-refractivity contribution in [3.8, 4) is 84.3 Å². The standard InChI is InChI=1S/C85H58N4OSi.Pt/c1-60-50-84(86-58-78(60)64-34-15-5-16-35-64)89-79-45-24-23-44-75(79)76-49-48-71(57-82(76)89)90-70-37-27-36-69(56-70)87-59-88(81-47-26-25-46-80(81)87)85-77(68-52-65(61-28-9-2-10-29-61)51-66(53-68)62-30-11-3-12-31-62)54-67(63-32-13-4-14-33-63)55-83(85)91(72-38-17-6-18-39-72,73-40-19-7-20-41-73)74-42-21-8-22-43-74;/h2-55,58H,1H3;/q-2;/i1D3,2D,3D,4D,5D,6D,7D,8D,9D,10D,11D,12D,13D,14D,15D,16D,17D,18D,19D,20D,21D,22D,28D,29D,30D,31D,32D,33D,34D,35D,38D,39D,40D,41D,42D,43D,51D,52D,53D;. The smallest absolute Gasteiger partial charge is 0.268 e. The first-order valence-corrected chi connectivity index (χ1v) is 29.5. The van der Waals surface area contributed by atoms with Crippen LogP contribution in [-0.4, -0.2) is 22.2 Å². The van der Waals surface area contributed by atoms with E-state index in [1.165, 1.54) is 59.2 Å². The molecule has 0 bridgehead atoms. The number of rotatable bonds is 14. The largest absolute Gasteiger partial charge is 0.510 e. The maximum Gasteiger partial charge on any atom is 0.268 e. The van der Waals surface area contributed by atoms with Gasteiger partial charge in [0.25, 0.3) is 6.33 Å². The van der Waals surface area contributed by atoms with E-state index in [2.05, 4.69) is 23.4 Å². The van der Waals surface area contributed by atoms with Crippen molar-refractivity contribution in [1.29, 1.82) is 0 Å². The minimum absolute atomic E-state index is 0. The van der Waals surface area contributed by atoms with Crippen molar-refractivity contribution in [2.75, 3.05) is 0 Å². The number of hydrogen-bond donors (Lipinski definition) is 0. The third-order valence-corrected chi connectivity index (χ3v) is 19.1. The summed E-state index contributed by atoms with van der Waals surface area (Å²) in [5, 5.41) is -3.61. The summed E-state index contributed by atoms with van der Waals surface area (Å²) in [6.07, 6.45) is 4.29. The van der Waals surface area contributed by atoms with Crippen molar-refractivity contribution >= 4 is 61.7 Å². The molecule has 0 radical (unpaired) electrons. The molecule has 0 saturated heterocycles. The van der Waals surface area contributed by atoms with Gasteiger partial charge in [0, 0.05) is 54.0 Å². The van der Waals surface area contributed by atoms with Gasteiger partial charge in [-0.1, -0.05) is 266 Å². The molecule has 0 aliphatic rings. The van der Waals surface area contributed by atoms with Crippen molar-refractivity contribution in [3.05, 3.63) is 357 Å². The third kappa shape index (κ3) is 10.4.